The summed E-state index contributed by atoms with van der Waals surface area (Å²) in [6, 6.07) is 12.7. The van der Waals surface area contributed by atoms with Crippen molar-refractivity contribution in [3.63, 3.8) is 0 Å². The summed E-state index contributed by atoms with van der Waals surface area (Å²) in [6.45, 7) is 0. The van der Waals surface area contributed by atoms with Crippen LogP contribution in [-0.2, 0) is 6.42 Å². The number of hydrogen-bond donors (Lipinski definition) is 1. The van der Waals surface area contributed by atoms with E-state index < -0.39 is 0 Å². The second kappa shape index (κ2) is 4.52. The first-order chi connectivity index (χ1) is 9.15. The lowest BCUT2D eigenvalue weighted by molar-refractivity contribution is 0.100. The molecule has 0 unspecified atom stereocenters. The second-order valence-electron chi connectivity index (χ2n) is 4.42. The van der Waals surface area contributed by atoms with Gasteiger partial charge in [-0.3, -0.25) is 4.79 Å². The van der Waals surface area contributed by atoms with E-state index in [1.165, 1.54) is 0 Å². The minimum absolute atomic E-state index is 0.247. The summed E-state index contributed by atoms with van der Waals surface area (Å²) in [6.07, 6.45) is 0.550. The average Bonchev–Trinajstić information content (AvgIpc) is 2.40. The van der Waals surface area contributed by atoms with Gasteiger partial charge in [0.25, 0.3) is 5.91 Å². The average molecular weight is 271 g/mol. The van der Waals surface area contributed by atoms with Crippen LogP contribution in [0.2, 0.25) is 5.02 Å². The predicted molar refractivity (Wildman–Crippen MR) is 76.9 cm³/mol. The summed E-state index contributed by atoms with van der Waals surface area (Å²) >= 11 is 5.97. The molecule has 2 aromatic carbocycles. The van der Waals surface area contributed by atoms with Crippen LogP contribution >= 0.6 is 11.6 Å². The summed E-state index contributed by atoms with van der Waals surface area (Å²) in [4.78, 5) is 16.2. The van der Waals surface area contributed by atoms with Crippen LogP contribution in [0.4, 0.5) is 5.69 Å². The minimum Gasteiger partial charge on any atom is -0.398 e. The molecule has 3 nitrogen and oxygen atoms in total. The Balaban J connectivity index is 2.08. The largest absolute Gasteiger partial charge is 0.398 e. The van der Waals surface area contributed by atoms with Gasteiger partial charge in [-0.05, 0) is 35.4 Å². The molecule has 0 saturated carbocycles. The highest BCUT2D eigenvalue weighted by molar-refractivity contribution is 6.31. The van der Waals surface area contributed by atoms with Crippen LogP contribution in [0.5, 0.6) is 0 Å². The van der Waals surface area contributed by atoms with Gasteiger partial charge in [0.1, 0.15) is 0 Å². The van der Waals surface area contributed by atoms with Gasteiger partial charge in [-0.2, -0.15) is 0 Å². The van der Waals surface area contributed by atoms with Crippen LogP contribution in [0.25, 0.3) is 0 Å². The minimum atomic E-state index is -0.247. The lowest BCUT2D eigenvalue weighted by Gasteiger charge is -2.17. The highest BCUT2D eigenvalue weighted by atomic mass is 35.5. The second-order valence-corrected chi connectivity index (χ2v) is 4.86. The molecule has 19 heavy (non-hydrogen) atoms. The summed E-state index contributed by atoms with van der Waals surface area (Å²) in [7, 11) is 0. The van der Waals surface area contributed by atoms with Crippen LogP contribution in [0, 0.1) is 0 Å². The quantitative estimate of drug-likeness (QED) is 0.810. The molecule has 0 aliphatic carbocycles. The molecule has 4 heteroatoms. The van der Waals surface area contributed by atoms with E-state index in [-0.39, 0.29) is 5.91 Å². The van der Waals surface area contributed by atoms with Crippen molar-refractivity contribution >= 4 is 28.9 Å². The Hall–Kier alpha value is -2.13. The fourth-order valence-electron chi connectivity index (χ4n) is 2.23. The number of amides is 1. The molecule has 1 heterocycles. The normalized spacial score (nSPS) is 13.9. The zero-order chi connectivity index (χ0) is 13.4. The molecule has 0 saturated heterocycles. The molecular formula is C15H11ClN2O. The zero-order valence-electron chi connectivity index (χ0n) is 10.1. The van der Waals surface area contributed by atoms with Crippen molar-refractivity contribution in [2.45, 2.75) is 6.42 Å². The predicted octanol–water partition coefficient (Wildman–Crippen LogP) is 3.11. The van der Waals surface area contributed by atoms with Gasteiger partial charge < -0.3 is 5.73 Å². The molecule has 1 aliphatic heterocycles. The van der Waals surface area contributed by atoms with E-state index in [2.05, 4.69) is 4.99 Å². The number of anilines is 1. The summed E-state index contributed by atoms with van der Waals surface area (Å²) in [5, 5.41) is 0.625. The van der Waals surface area contributed by atoms with Crippen LogP contribution in [-0.4, -0.2) is 11.6 Å². The summed E-state index contributed by atoms with van der Waals surface area (Å²) < 4.78 is 0. The Morgan fingerprint density at radius 1 is 1.16 bits per heavy atom. The van der Waals surface area contributed by atoms with Crippen LogP contribution in [0.15, 0.2) is 47.5 Å². The van der Waals surface area contributed by atoms with Gasteiger partial charge >= 0.3 is 0 Å². The molecule has 1 aliphatic rings. The topological polar surface area (TPSA) is 55.4 Å². The molecule has 0 radical (unpaired) electrons. The number of halogens is 1. The van der Waals surface area contributed by atoms with Crippen molar-refractivity contribution in [3.05, 3.63) is 64.2 Å². The number of carbonyl (C=O) groups excluding carboxylic acids is 1. The maximum atomic E-state index is 12.0. The fourth-order valence-corrected chi connectivity index (χ4v) is 2.42. The zero-order valence-corrected chi connectivity index (χ0v) is 10.8. The van der Waals surface area contributed by atoms with Crippen LogP contribution < -0.4 is 5.73 Å². The van der Waals surface area contributed by atoms with E-state index in [4.69, 9.17) is 17.3 Å². The lowest BCUT2D eigenvalue weighted by Crippen LogP contribution is -2.18. The van der Waals surface area contributed by atoms with Gasteiger partial charge in [-0.25, -0.2) is 4.99 Å². The lowest BCUT2D eigenvalue weighted by atomic mass is 9.93. The van der Waals surface area contributed by atoms with E-state index in [1.54, 1.807) is 30.3 Å². The van der Waals surface area contributed by atoms with Gasteiger partial charge in [0.15, 0.2) is 0 Å². The van der Waals surface area contributed by atoms with Gasteiger partial charge in [0.2, 0.25) is 0 Å². The molecule has 0 bridgehead atoms. The summed E-state index contributed by atoms with van der Waals surface area (Å²) in [5.41, 5.74) is 9.56. The number of nitrogens with two attached hydrogens (primary N) is 1. The third-order valence-electron chi connectivity index (χ3n) is 3.18. The highest BCUT2D eigenvalue weighted by Crippen LogP contribution is 2.25. The number of nitrogens with zero attached hydrogens (tertiary/aromatic N) is 1. The number of fused-ring (bicyclic) bond motifs is 1. The third kappa shape index (κ3) is 2.13. The number of nitrogen functional groups attached to an aromatic ring is 1. The van der Waals surface area contributed by atoms with Crippen LogP contribution in [0.1, 0.15) is 21.5 Å². The molecular weight excluding hydrogens is 260 g/mol. The Morgan fingerprint density at radius 2 is 1.95 bits per heavy atom. The Kier molecular flexibility index (Phi) is 2.84. The van der Waals surface area contributed by atoms with E-state index >= 15 is 0 Å². The number of hydrogen-bond acceptors (Lipinski definition) is 2. The van der Waals surface area contributed by atoms with E-state index in [1.807, 2.05) is 12.1 Å². The Bertz CT molecular complexity index is 707. The SMILES string of the molecule is Nc1cccc2c1CC(c1cccc(Cl)c1)=NC2=O. The smallest absolute Gasteiger partial charge is 0.277 e. The van der Waals surface area contributed by atoms with Gasteiger partial charge in [0.05, 0.1) is 5.71 Å². The Morgan fingerprint density at radius 3 is 2.74 bits per heavy atom. The van der Waals surface area contributed by atoms with E-state index in [0.717, 1.165) is 11.1 Å². The number of aliphatic imine (C=N–C) groups is 1. The highest BCUT2D eigenvalue weighted by Gasteiger charge is 2.21. The Labute approximate surface area is 115 Å². The molecule has 1 amide bonds. The fraction of sp³-hybridized carbons (Fsp3) is 0.0667. The van der Waals surface area contributed by atoms with E-state index in [9.17, 15) is 4.79 Å². The van der Waals surface area contributed by atoms with Crippen molar-refractivity contribution in [1.29, 1.82) is 0 Å². The van der Waals surface area contributed by atoms with Crippen LogP contribution in [0.3, 0.4) is 0 Å². The van der Waals surface area contributed by atoms with E-state index in [0.29, 0.717) is 28.4 Å². The number of benzene rings is 2. The standard InChI is InChI=1S/C15H11ClN2O/c16-10-4-1-3-9(7-10)14-8-12-11(15(19)18-14)5-2-6-13(12)17/h1-7H,8,17H2. The first-order valence-corrected chi connectivity index (χ1v) is 6.28. The molecule has 0 atom stereocenters. The van der Waals surface area contributed by atoms with Gasteiger partial charge in [-0.15, -0.1) is 0 Å². The third-order valence-corrected chi connectivity index (χ3v) is 3.42. The van der Waals surface area contributed by atoms with Crippen molar-refractivity contribution in [2.75, 3.05) is 5.73 Å². The molecule has 0 fully saturated rings. The maximum Gasteiger partial charge on any atom is 0.277 e. The molecule has 94 valence electrons. The first-order valence-electron chi connectivity index (χ1n) is 5.90. The van der Waals surface area contributed by atoms with Crippen molar-refractivity contribution in [1.82, 2.24) is 0 Å². The molecule has 3 rings (SSSR count). The molecule has 2 N–H and O–H groups in total. The van der Waals surface area contributed by atoms with Crippen molar-refractivity contribution in [2.24, 2.45) is 4.99 Å². The first kappa shape index (κ1) is 11.9. The van der Waals surface area contributed by atoms with Crippen molar-refractivity contribution < 1.29 is 4.79 Å². The number of carbonyl (C=O) groups is 1. The number of rotatable bonds is 1. The monoisotopic (exact) mass is 270 g/mol. The van der Waals surface area contributed by atoms with Crippen molar-refractivity contribution in [3.8, 4) is 0 Å². The molecule has 0 spiro atoms. The van der Waals surface area contributed by atoms with Gasteiger partial charge in [-0.1, -0.05) is 29.8 Å². The summed E-state index contributed by atoms with van der Waals surface area (Å²) in [5.74, 6) is -0.247. The van der Waals surface area contributed by atoms with Gasteiger partial charge in [0, 0.05) is 22.7 Å². The molecule has 2 aromatic rings. The molecule has 0 aromatic heterocycles. The maximum absolute atomic E-state index is 12.0.